The van der Waals surface area contributed by atoms with E-state index in [2.05, 4.69) is 24.3 Å². The Labute approximate surface area is 146 Å². The van der Waals surface area contributed by atoms with Gasteiger partial charge in [-0.1, -0.05) is 6.42 Å². The third kappa shape index (κ3) is 5.53. The zero-order valence-electron chi connectivity index (χ0n) is 13.7. The predicted molar refractivity (Wildman–Crippen MR) is 93.9 cm³/mol. The number of nitrogens with zero attached hydrogens (tertiary/aromatic N) is 1. The van der Waals surface area contributed by atoms with Crippen molar-refractivity contribution in [2.45, 2.75) is 50.1 Å². The van der Waals surface area contributed by atoms with Crippen LogP contribution in [0.3, 0.4) is 0 Å². The van der Waals surface area contributed by atoms with Gasteiger partial charge in [-0.2, -0.15) is 0 Å². The van der Waals surface area contributed by atoms with Crippen molar-refractivity contribution in [2.75, 3.05) is 33.9 Å². The van der Waals surface area contributed by atoms with Gasteiger partial charge in [0.05, 0.1) is 0 Å². The maximum Gasteiger partial charge on any atom is 0.223 e. The number of carbonyl (C=O) groups excluding carboxylic acids is 1. The zero-order chi connectivity index (χ0) is 14.6. The molecule has 132 valence electrons. The summed E-state index contributed by atoms with van der Waals surface area (Å²) in [6, 6.07) is 0.199. The van der Waals surface area contributed by atoms with E-state index in [0.717, 1.165) is 51.7 Å². The molecule has 0 aromatic rings. The third-order valence-corrected chi connectivity index (χ3v) is 5.05. The van der Waals surface area contributed by atoms with E-state index in [4.69, 9.17) is 10.5 Å². The van der Waals surface area contributed by atoms with Crippen molar-refractivity contribution in [1.29, 1.82) is 0 Å². The number of hydrogen-bond donors (Lipinski definition) is 2. The number of carbonyl (C=O) groups is 1. The number of nitrogens with two attached hydrogens (primary N) is 1. The zero-order valence-corrected chi connectivity index (χ0v) is 15.3. The molecule has 7 heteroatoms. The SMILES string of the molecule is CN(C)C1(CNC(=O)C2CCCC(N)C2)CCOCC1.Cl.Cl. The summed E-state index contributed by atoms with van der Waals surface area (Å²) in [4.78, 5) is 14.6. The summed E-state index contributed by atoms with van der Waals surface area (Å²) in [6.07, 6.45) is 5.91. The fraction of sp³-hybridized carbons (Fsp3) is 0.933. The minimum absolute atomic E-state index is 0. The van der Waals surface area contributed by atoms with E-state index in [1.54, 1.807) is 0 Å². The highest BCUT2D eigenvalue weighted by atomic mass is 35.5. The topological polar surface area (TPSA) is 67.6 Å². The molecule has 2 aliphatic rings. The number of amides is 1. The van der Waals surface area contributed by atoms with Gasteiger partial charge in [0.15, 0.2) is 0 Å². The molecule has 0 bridgehead atoms. The molecule has 0 radical (unpaired) electrons. The molecule has 22 heavy (non-hydrogen) atoms. The maximum absolute atomic E-state index is 12.3. The molecule has 1 saturated carbocycles. The Morgan fingerprint density at radius 3 is 2.45 bits per heavy atom. The van der Waals surface area contributed by atoms with Gasteiger partial charge >= 0.3 is 0 Å². The minimum atomic E-state index is 0. The first-order valence-electron chi connectivity index (χ1n) is 7.82. The van der Waals surface area contributed by atoms with Gasteiger partial charge in [0.2, 0.25) is 5.91 Å². The van der Waals surface area contributed by atoms with Crippen molar-refractivity contribution < 1.29 is 9.53 Å². The van der Waals surface area contributed by atoms with Crippen LogP contribution in [0.25, 0.3) is 0 Å². The molecule has 1 aliphatic heterocycles. The lowest BCUT2D eigenvalue weighted by atomic mass is 9.84. The number of halogens is 2. The number of nitrogens with one attached hydrogen (secondary N) is 1. The first-order chi connectivity index (χ1) is 9.53. The second-order valence-electron chi connectivity index (χ2n) is 6.57. The predicted octanol–water partition coefficient (Wildman–Crippen LogP) is 1.57. The summed E-state index contributed by atoms with van der Waals surface area (Å²) in [5, 5.41) is 3.17. The van der Waals surface area contributed by atoms with Crippen molar-refractivity contribution in [3.8, 4) is 0 Å². The van der Waals surface area contributed by atoms with Crippen molar-refractivity contribution in [1.82, 2.24) is 10.2 Å². The number of hydrogen-bond acceptors (Lipinski definition) is 4. The Bertz CT molecular complexity index is 337. The Morgan fingerprint density at radius 2 is 1.91 bits per heavy atom. The highest BCUT2D eigenvalue weighted by molar-refractivity contribution is 5.85. The highest BCUT2D eigenvalue weighted by Crippen LogP contribution is 2.26. The summed E-state index contributed by atoms with van der Waals surface area (Å²) in [5.41, 5.74) is 6.02. The van der Waals surface area contributed by atoms with E-state index >= 15 is 0 Å². The lowest BCUT2D eigenvalue weighted by Gasteiger charge is -2.43. The normalized spacial score (nSPS) is 27.5. The molecule has 5 nitrogen and oxygen atoms in total. The summed E-state index contributed by atoms with van der Waals surface area (Å²) in [7, 11) is 4.18. The van der Waals surface area contributed by atoms with Gasteiger partial charge in [0.1, 0.15) is 0 Å². The second kappa shape index (κ2) is 9.93. The van der Waals surface area contributed by atoms with E-state index in [9.17, 15) is 4.79 Å². The molecule has 0 aromatic heterocycles. The smallest absolute Gasteiger partial charge is 0.223 e. The molecular weight excluding hydrogens is 325 g/mol. The summed E-state index contributed by atoms with van der Waals surface area (Å²) >= 11 is 0. The minimum Gasteiger partial charge on any atom is -0.381 e. The molecule has 1 aliphatic carbocycles. The molecule has 1 amide bonds. The van der Waals surface area contributed by atoms with E-state index in [0.29, 0.717) is 6.54 Å². The lowest BCUT2D eigenvalue weighted by molar-refractivity contribution is -0.127. The quantitative estimate of drug-likeness (QED) is 0.803. The largest absolute Gasteiger partial charge is 0.381 e. The van der Waals surface area contributed by atoms with Crippen LogP contribution in [0.5, 0.6) is 0 Å². The molecule has 2 rings (SSSR count). The number of likely N-dealkylation sites (N-methyl/N-ethyl adjacent to an activating group) is 1. The van der Waals surface area contributed by atoms with Crippen LogP contribution in [-0.2, 0) is 9.53 Å². The van der Waals surface area contributed by atoms with Gasteiger partial charge in [-0.3, -0.25) is 4.79 Å². The molecule has 2 atom stereocenters. The van der Waals surface area contributed by atoms with Crippen LogP contribution in [0.2, 0.25) is 0 Å². The molecule has 0 spiro atoms. The summed E-state index contributed by atoms with van der Waals surface area (Å²) < 4.78 is 5.46. The molecule has 0 aromatic carbocycles. The first kappa shape index (κ1) is 21.9. The molecule has 2 unspecified atom stereocenters. The van der Waals surface area contributed by atoms with Crippen molar-refractivity contribution >= 4 is 30.7 Å². The maximum atomic E-state index is 12.3. The van der Waals surface area contributed by atoms with Crippen LogP contribution < -0.4 is 11.1 Å². The van der Waals surface area contributed by atoms with Gasteiger partial charge in [-0.25, -0.2) is 0 Å². The average molecular weight is 356 g/mol. The van der Waals surface area contributed by atoms with E-state index < -0.39 is 0 Å². The number of rotatable bonds is 4. The molecular formula is C15H31Cl2N3O2. The Kier molecular flexibility index (Phi) is 9.90. The highest BCUT2D eigenvalue weighted by Gasteiger charge is 2.36. The fourth-order valence-electron chi connectivity index (χ4n) is 3.40. The van der Waals surface area contributed by atoms with Gasteiger partial charge in [0.25, 0.3) is 0 Å². The first-order valence-corrected chi connectivity index (χ1v) is 7.82. The van der Waals surface area contributed by atoms with Crippen LogP contribution >= 0.6 is 24.8 Å². The Balaban J connectivity index is 0.00000220. The Hall–Kier alpha value is -0.0700. The van der Waals surface area contributed by atoms with Gasteiger partial charge in [-0.15, -0.1) is 24.8 Å². The molecule has 1 saturated heterocycles. The van der Waals surface area contributed by atoms with Crippen molar-refractivity contribution in [3.63, 3.8) is 0 Å². The van der Waals surface area contributed by atoms with Crippen LogP contribution in [0.4, 0.5) is 0 Å². The van der Waals surface area contributed by atoms with E-state index in [-0.39, 0.29) is 48.2 Å². The van der Waals surface area contributed by atoms with Crippen LogP contribution in [0.1, 0.15) is 38.5 Å². The molecule has 1 heterocycles. The number of ether oxygens (including phenoxy) is 1. The van der Waals surface area contributed by atoms with E-state index in [1.165, 1.54) is 0 Å². The average Bonchev–Trinajstić information content (AvgIpc) is 2.45. The fourth-order valence-corrected chi connectivity index (χ4v) is 3.40. The lowest BCUT2D eigenvalue weighted by Crippen LogP contribution is -2.56. The second-order valence-corrected chi connectivity index (χ2v) is 6.57. The van der Waals surface area contributed by atoms with Gasteiger partial charge in [0, 0.05) is 37.3 Å². The van der Waals surface area contributed by atoms with Gasteiger partial charge < -0.3 is 20.7 Å². The van der Waals surface area contributed by atoms with Crippen LogP contribution in [0, 0.1) is 5.92 Å². The van der Waals surface area contributed by atoms with Crippen LogP contribution in [-0.4, -0.2) is 56.2 Å². The van der Waals surface area contributed by atoms with Gasteiger partial charge in [-0.05, 0) is 46.2 Å². The van der Waals surface area contributed by atoms with Crippen LogP contribution in [0.15, 0.2) is 0 Å². The molecule has 3 N–H and O–H groups in total. The summed E-state index contributed by atoms with van der Waals surface area (Å²) in [6.45, 7) is 2.28. The standard InChI is InChI=1S/C15H29N3O2.2ClH/c1-18(2)15(6-8-20-9-7-15)11-17-14(19)12-4-3-5-13(16)10-12;;/h12-13H,3-11,16H2,1-2H3,(H,17,19);2*1H. The summed E-state index contributed by atoms with van der Waals surface area (Å²) in [5.74, 6) is 0.297. The van der Waals surface area contributed by atoms with Crippen molar-refractivity contribution in [2.24, 2.45) is 11.7 Å². The Morgan fingerprint density at radius 1 is 1.27 bits per heavy atom. The molecule has 2 fully saturated rings. The van der Waals surface area contributed by atoms with Crippen molar-refractivity contribution in [3.05, 3.63) is 0 Å². The van der Waals surface area contributed by atoms with E-state index in [1.807, 2.05) is 0 Å². The monoisotopic (exact) mass is 355 g/mol. The third-order valence-electron chi connectivity index (χ3n) is 5.05.